The molecule has 1 N–H and O–H groups in total. The molecule has 1 atom stereocenters. The minimum Gasteiger partial charge on any atom is -0.444 e. The molecule has 2 rings (SSSR count). The SMILES string of the molecule is CC(C)(C)OC(=O)N[C@H]1CCCc2c(C#N)cccc21. The molecule has 0 saturated carbocycles. The van der Waals surface area contributed by atoms with Gasteiger partial charge in [0, 0.05) is 0 Å². The third kappa shape index (κ3) is 3.30. The Kier molecular flexibility index (Phi) is 3.99. The van der Waals surface area contributed by atoms with Crippen molar-refractivity contribution in [3.8, 4) is 6.07 Å². The van der Waals surface area contributed by atoms with Crippen LogP contribution in [-0.2, 0) is 11.2 Å². The molecule has 0 aliphatic heterocycles. The zero-order valence-corrected chi connectivity index (χ0v) is 12.2. The van der Waals surface area contributed by atoms with E-state index in [1.165, 1.54) is 0 Å². The van der Waals surface area contributed by atoms with Gasteiger partial charge < -0.3 is 10.1 Å². The number of ether oxygens (including phenoxy) is 1. The molecular formula is C16H20N2O2. The van der Waals surface area contributed by atoms with E-state index in [0.29, 0.717) is 5.56 Å². The summed E-state index contributed by atoms with van der Waals surface area (Å²) in [6.07, 6.45) is 2.33. The standard InChI is InChI=1S/C16H20N2O2/c1-16(2,3)20-15(19)18-14-9-5-7-12-11(10-17)6-4-8-13(12)14/h4,6,8,14H,5,7,9H2,1-3H3,(H,18,19)/t14-/m0/s1. The van der Waals surface area contributed by atoms with Crippen LogP contribution in [0.1, 0.15) is 56.3 Å². The molecule has 0 spiro atoms. The fourth-order valence-electron chi connectivity index (χ4n) is 2.55. The van der Waals surface area contributed by atoms with Crippen molar-refractivity contribution in [3.05, 3.63) is 34.9 Å². The molecule has 0 bridgehead atoms. The summed E-state index contributed by atoms with van der Waals surface area (Å²) in [7, 11) is 0. The number of nitriles is 1. The highest BCUT2D eigenvalue weighted by Gasteiger charge is 2.25. The largest absolute Gasteiger partial charge is 0.444 e. The van der Waals surface area contributed by atoms with Gasteiger partial charge in [0.2, 0.25) is 0 Å². The molecule has 0 aromatic heterocycles. The Bertz CT molecular complexity index is 553. The fraction of sp³-hybridized carbons (Fsp3) is 0.500. The van der Waals surface area contributed by atoms with Gasteiger partial charge in [-0.3, -0.25) is 0 Å². The number of hydrogen-bond donors (Lipinski definition) is 1. The predicted molar refractivity (Wildman–Crippen MR) is 76.2 cm³/mol. The molecular weight excluding hydrogens is 252 g/mol. The molecule has 106 valence electrons. The zero-order chi connectivity index (χ0) is 14.8. The van der Waals surface area contributed by atoms with Crippen molar-refractivity contribution in [2.24, 2.45) is 0 Å². The molecule has 1 amide bonds. The van der Waals surface area contributed by atoms with Crippen LogP contribution in [0.25, 0.3) is 0 Å². The van der Waals surface area contributed by atoms with Crippen LogP contribution in [0.15, 0.2) is 18.2 Å². The van der Waals surface area contributed by atoms with Crippen LogP contribution < -0.4 is 5.32 Å². The second kappa shape index (κ2) is 5.54. The molecule has 0 radical (unpaired) electrons. The van der Waals surface area contributed by atoms with E-state index >= 15 is 0 Å². The van der Waals surface area contributed by atoms with Crippen LogP contribution in [0.4, 0.5) is 4.79 Å². The van der Waals surface area contributed by atoms with Crippen LogP contribution in [0.5, 0.6) is 0 Å². The quantitative estimate of drug-likeness (QED) is 0.851. The number of amides is 1. The van der Waals surface area contributed by atoms with Crippen molar-refractivity contribution in [2.75, 3.05) is 0 Å². The average Bonchev–Trinajstić information content (AvgIpc) is 2.36. The summed E-state index contributed by atoms with van der Waals surface area (Å²) in [6, 6.07) is 7.83. The van der Waals surface area contributed by atoms with E-state index < -0.39 is 11.7 Å². The first-order valence-electron chi connectivity index (χ1n) is 6.92. The van der Waals surface area contributed by atoms with Gasteiger partial charge in [-0.2, -0.15) is 5.26 Å². The highest BCUT2D eigenvalue weighted by atomic mass is 16.6. The normalized spacial score (nSPS) is 17.8. The minimum absolute atomic E-state index is 0.0677. The first-order chi connectivity index (χ1) is 9.40. The second-order valence-electron chi connectivity index (χ2n) is 6.08. The van der Waals surface area contributed by atoms with E-state index in [1.54, 1.807) is 0 Å². The van der Waals surface area contributed by atoms with Gasteiger partial charge in [0.1, 0.15) is 5.60 Å². The highest BCUT2D eigenvalue weighted by molar-refractivity contribution is 5.68. The number of nitrogens with zero attached hydrogens (tertiary/aromatic N) is 1. The van der Waals surface area contributed by atoms with Crippen molar-refractivity contribution >= 4 is 6.09 Å². The third-order valence-electron chi connectivity index (χ3n) is 3.32. The van der Waals surface area contributed by atoms with Crippen LogP contribution in [0.2, 0.25) is 0 Å². The summed E-state index contributed by atoms with van der Waals surface area (Å²) < 4.78 is 5.30. The van der Waals surface area contributed by atoms with E-state index in [2.05, 4.69) is 11.4 Å². The Morgan fingerprint density at radius 3 is 2.85 bits per heavy atom. The molecule has 4 nitrogen and oxygen atoms in total. The van der Waals surface area contributed by atoms with Crippen molar-refractivity contribution < 1.29 is 9.53 Å². The number of alkyl carbamates (subject to hydrolysis) is 1. The van der Waals surface area contributed by atoms with Gasteiger partial charge in [-0.15, -0.1) is 0 Å². The van der Waals surface area contributed by atoms with Gasteiger partial charge >= 0.3 is 6.09 Å². The fourth-order valence-corrected chi connectivity index (χ4v) is 2.55. The lowest BCUT2D eigenvalue weighted by molar-refractivity contribution is 0.0498. The Labute approximate surface area is 119 Å². The summed E-state index contributed by atoms with van der Waals surface area (Å²) >= 11 is 0. The molecule has 20 heavy (non-hydrogen) atoms. The maximum absolute atomic E-state index is 11.9. The molecule has 1 aliphatic rings. The number of carbonyl (C=O) groups is 1. The number of hydrogen-bond acceptors (Lipinski definition) is 3. The van der Waals surface area contributed by atoms with Crippen molar-refractivity contribution in [2.45, 2.75) is 51.7 Å². The van der Waals surface area contributed by atoms with Crippen LogP contribution in [0, 0.1) is 11.3 Å². The Balaban J connectivity index is 2.18. The van der Waals surface area contributed by atoms with Gasteiger partial charge in [-0.05, 0) is 57.2 Å². The molecule has 1 aliphatic carbocycles. The van der Waals surface area contributed by atoms with Gasteiger partial charge in [0.25, 0.3) is 0 Å². The van der Waals surface area contributed by atoms with E-state index in [9.17, 15) is 4.79 Å². The number of fused-ring (bicyclic) bond motifs is 1. The molecule has 1 aromatic carbocycles. The van der Waals surface area contributed by atoms with E-state index in [-0.39, 0.29) is 6.04 Å². The zero-order valence-electron chi connectivity index (χ0n) is 12.2. The molecule has 0 fully saturated rings. The summed E-state index contributed by atoms with van der Waals surface area (Å²) in [5, 5.41) is 12.1. The smallest absolute Gasteiger partial charge is 0.408 e. The topological polar surface area (TPSA) is 62.1 Å². The van der Waals surface area contributed by atoms with Crippen molar-refractivity contribution in [3.63, 3.8) is 0 Å². The van der Waals surface area contributed by atoms with Gasteiger partial charge in [0.15, 0.2) is 0 Å². The average molecular weight is 272 g/mol. The lowest BCUT2D eigenvalue weighted by Crippen LogP contribution is -2.36. The summed E-state index contributed by atoms with van der Waals surface area (Å²) in [6.45, 7) is 5.53. The Hall–Kier alpha value is -2.02. The number of carbonyl (C=O) groups excluding carboxylic acids is 1. The highest BCUT2D eigenvalue weighted by Crippen LogP contribution is 2.31. The molecule has 4 heteroatoms. The summed E-state index contributed by atoms with van der Waals surface area (Å²) in [4.78, 5) is 11.9. The second-order valence-corrected chi connectivity index (χ2v) is 6.08. The molecule has 0 unspecified atom stereocenters. The number of rotatable bonds is 1. The maximum Gasteiger partial charge on any atom is 0.408 e. The van der Waals surface area contributed by atoms with E-state index in [1.807, 2.05) is 39.0 Å². The van der Waals surface area contributed by atoms with E-state index in [0.717, 1.165) is 30.4 Å². The molecule has 0 heterocycles. The van der Waals surface area contributed by atoms with Crippen LogP contribution >= 0.6 is 0 Å². The van der Waals surface area contributed by atoms with Crippen LogP contribution in [-0.4, -0.2) is 11.7 Å². The predicted octanol–water partition coefficient (Wildman–Crippen LogP) is 3.46. The lowest BCUT2D eigenvalue weighted by Gasteiger charge is -2.28. The first-order valence-corrected chi connectivity index (χ1v) is 6.92. The summed E-state index contributed by atoms with van der Waals surface area (Å²) in [5.74, 6) is 0. The first kappa shape index (κ1) is 14.4. The van der Waals surface area contributed by atoms with Gasteiger partial charge in [0.05, 0.1) is 17.7 Å². The lowest BCUT2D eigenvalue weighted by atomic mass is 9.85. The Morgan fingerprint density at radius 1 is 1.45 bits per heavy atom. The summed E-state index contributed by atoms with van der Waals surface area (Å²) in [5.41, 5.74) is 2.30. The molecule has 0 saturated heterocycles. The Morgan fingerprint density at radius 2 is 2.20 bits per heavy atom. The minimum atomic E-state index is -0.504. The van der Waals surface area contributed by atoms with Crippen molar-refractivity contribution in [1.82, 2.24) is 5.32 Å². The number of nitrogens with one attached hydrogen (secondary N) is 1. The van der Waals surface area contributed by atoms with Crippen molar-refractivity contribution in [1.29, 1.82) is 5.26 Å². The third-order valence-corrected chi connectivity index (χ3v) is 3.32. The monoisotopic (exact) mass is 272 g/mol. The van der Waals surface area contributed by atoms with Gasteiger partial charge in [-0.1, -0.05) is 12.1 Å². The van der Waals surface area contributed by atoms with Gasteiger partial charge in [-0.25, -0.2) is 4.79 Å². The van der Waals surface area contributed by atoms with E-state index in [4.69, 9.17) is 10.00 Å². The number of benzene rings is 1. The van der Waals surface area contributed by atoms with Crippen LogP contribution in [0.3, 0.4) is 0 Å². The molecule has 1 aromatic rings. The maximum atomic E-state index is 11.9.